The van der Waals surface area contributed by atoms with Crippen LogP contribution >= 0.6 is 12.2 Å². The molecule has 4 rings (SSSR count). The summed E-state index contributed by atoms with van der Waals surface area (Å²) in [5.74, 6) is -13.6. The lowest BCUT2D eigenvalue weighted by Crippen LogP contribution is -2.60. The summed E-state index contributed by atoms with van der Waals surface area (Å²) >= 11 is 5.40. The number of aromatic carboxylic acids is 1. The molecular formula is C76H119N33O17S. The zero-order valence-electron chi connectivity index (χ0n) is 70.2. The number of aromatic hydroxyl groups is 1. The number of thiocarbonyl (C=S) groups is 1. The number of anilines is 1. The number of nitrogens with two attached hydrogens (primary N) is 8. The number of fused-ring (bicyclic) bond motifs is 2. The summed E-state index contributed by atoms with van der Waals surface area (Å²) in [4.78, 5) is 177. The molecule has 0 fully saturated rings. The average molecular weight is 1800 g/mol. The second kappa shape index (κ2) is 55.3. The molecule has 1 aliphatic carbocycles. The van der Waals surface area contributed by atoms with Gasteiger partial charge >= 0.3 is 11.9 Å². The van der Waals surface area contributed by atoms with Crippen molar-refractivity contribution >= 4 is 147 Å². The smallest absolute Gasteiger partial charge is 0.336 e. The van der Waals surface area contributed by atoms with Gasteiger partial charge in [-0.05, 0) is 157 Å². The fraction of sp³-hybridized carbons (Fsp3) is 0.487. The van der Waals surface area contributed by atoms with Crippen molar-refractivity contribution in [2.75, 3.05) is 70.8 Å². The Labute approximate surface area is 734 Å². The van der Waals surface area contributed by atoms with Crippen LogP contribution in [-0.2, 0) is 57.5 Å². The minimum Gasteiger partial charge on any atom is -0.508 e. The Hall–Kier alpha value is -14.8. The number of rotatable bonds is 57. The van der Waals surface area contributed by atoms with Crippen LogP contribution in [0, 0.1) is 37.9 Å². The maximum atomic E-state index is 14.8. The van der Waals surface area contributed by atoms with Gasteiger partial charge in [0.2, 0.25) is 59.1 Å². The number of carbonyl (C=O) groups is 12. The fourth-order valence-corrected chi connectivity index (χ4v) is 12.7. The molecule has 2 aromatic rings. The van der Waals surface area contributed by atoms with Gasteiger partial charge in [0.1, 0.15) is 72.0 Å². The Morgan fingerprint density at radius 3 is 1.17 bits per heavy atom. The predicted octanol–water partition coefficient (Wildman–Crippen LogP) is -6.30. The summed E-state index contributed by atoms with van der Waals surface area (Å²) in [5, 5.41) is 122. The van der Waals surface area contributed by atoms with Crippen LogP contribution in [0.25, 0.3) is 33.4 Å². The van der Waals surface area contributed by atoms with Gasteiger partial charge in [-0.2, -0.15) is 0 Å². The van der Waals surface area contributed by atoms with Crippen LogP contribution in [0.15, 0.2) is 63.8 Å². The van der Waals surface area contributed by atoms with Crippen molar-refractivity contribution in [1.82, 2.24) is 90.4 Å². The van der Waals surface area contributed by atoms with E-state index in [9.17, 15) is 72.5 Å². The number of nitrogens with one attached hydrogen (secondary N) is 25. The number of benzene rings is 3. The van der Waals surface area contributed by atoms with Crippen LogP contribution in [0.3, 0.4) is 0 Å². The molecule has 0 radical (unpaired) electrons. The van der Waals surface area contributed by atoms with Crippen molar-refractivity contribution in [3.8, 4) is 28.2 Å². The van der Waals surface area contributed by atoms with E-state index in [1.165, 1.54) is 43.3 Å². The van der Waals surface area contributed by atoms with Crippen LogP contribution in [0.1, 0.15) is 133 Å². The van der Waals surface area contributed by atoms with Gasteiger partial charge in [-0.15, -0.1) is 0 Å². The zero-order chi connectivity index (χ0) is 94.2. The molecule has 51 heteroatoms. The number of phenolic OH excluding ortho intramolecular Hbond substituents is 1. The molecule has 8 atom stereocenters. The molecule has 50 nitrogen and oxygen atoms in total. The Kier molecular flexibility index (Phi) is 45.5. The summed E-state index contributed by atoms with van der Waals surface area (Å²) in [7, 11) is 0. The lowest BCUT2D eigenvalue weighted by Gasteiger charge is -2.28. The Morgan fingerprint density at radius 2 is 0.780 bits per heavy atom. The molecule has 127 heavy (non-hydrogen) atoms. The molecule has 2 aliphatic rings. The molecule has 0 bridgehead atoms. The van der Waals surface area contributed by atoms with Gasteiger partial charge < -0.3 is 161 Å². The van der Waals surface area contributed by atoms with Crippen LogP contribution in [0.5, 0.6) is 5.75 Å². The SMILES string of the molecule is C[C@@H](NC(=O)CCC(=O)OCCNC(=S)Nc1ccc(-c2c3ccc(=O)cc-3oc3cc(O)ccc23)c(C(=O)O)c1)C(=O)NCCCC(=O)N[C@H](CCCNC(=N)N)C(=O)N[C@H](CCCNC(=N)N)C(=O)N[C@H](CCCNC(=N)N)C(=O)N[C@H](CCCNC(=N)N)C(=O)N[C@H](CCCNC(=N)N)C(=O)N[C@H](CCCNC(=N)N)C(=O)N[C@H](CCCNC(=N)N)C(N)=O. The lowest BCUT2D eigenvalue weighted by molar-refractivity contribution is -0.144. The van der Waals surface area contributed by atoms with Crippen molar-refractivity contribution in [3.05, 3.63) is 70.4 Å². The van der Waals surface area contributed by atoms with Crippen LogP contribution < -0.4 is 147 Å². The number of esters is 1. The Balaban J connectivity index is 1.44. The maximum absolute atomic E-state index is 14.8. The van der Waals surface area contributed by atoms with Gasteiger partial charge in [-0.1, -0.05) is 6.07 Å². The minimum absolute atomic E-state index is 0.000808. The highest BCUT2D eigenvalue weighted by Gasteiger charge is 2.35. The fourth-order valence-electron chi connectivity index (χ4n) is 12.5. The summed E-state index contributed by atoms with van der Waals surface area (Å²) in [6, 6.07) is 1.48. The van der Waals surface area contributed by atoms with Gasteiger partial charge in [0, 0.05) is 99.5 Å². The van der Waals surface area contributed by atoms with Crippen molar-refractivity contribution in [2.24, 2.45) is 45.9 Å². The number of guanidine groups is 7. The van der Waals surface area contributed by atoms with E-state index in [1.54, 1.807) is 18.2 Å². The predicted molar refractivity (Wildman–Crippen MR) is 474 cm³/mol. The third kappa shape index (κ3) is 40.8. The van der Waals surface area contributed by atoms with Gasteiger partial charge in [-0.3, -0.25) is 95.4 Å². The molecule has 1 aliphatic heterocycles. The highest BCUT2D eigenvalue weighted by atomic mass is 32.1. The molecule has 696 valence electrons. The summed E-state index contributed by atoms with van der Waals surface area (Å²) < 4.78 is 11.1. The van der Waals surface area contributed by atoms with Gasteiger partial charge in [0.25, 0.3) is 0 Å². The highest BCUT2D eigenvalue weighted by molar-refractivity contribution is 7.80. The molecule has 10 amide bonds. The van der Waals surface area contributed by atoms with Gasteiger partial charge in [-0.25, -0.2) is 4.79 Å². The second-order valence-electron chi connectivity index (χ2n) is 28.9. The molecule has 0 spiro atoms. The van der Waals surface area contributed by atoms with E-state index in [1.807, 2.05) is 0 Å². The topological polar surface area (TPSA) is 876 Å². The average Bonchev–Trinajstić information content (AvgIpc) is 0.747. The van der Waals surface area contributed by atoms with Crippen LogP contribution in [-0.4, -0.2) is 242 Å². The lowest BCUT2D eigenvalue weighted by atomic mass is 9.90. The normalized spacial score (nSPS) is 12.6. The molecule has 0 saturated carbocycles. The van der Waals surface area contributed by atoms with E-state index in [0.29, 0.717) is 16.5 Å². The summed E-state index contributed by atoms with van der Waals surface area (Å²) in [5.41, 5.74) is 45.3. The van der Waals surface area contributed by atoms with Crippen molar-refractivity contribution in [1.29, 1.82) is 37.9 Å². The molecule has 43 N–H and O–H groups in total. The molecule has 1 heterocycles. The van der Waals surface area contributed by atoms with E-state index in [0.717, 1.165) is 0 Å². The van der Waals surface area contributed by atoms with Crippen LogP contribution in [0.4, 0.5) is 5.69 Å². The first-order chi connectivity index (χ1) is 60.2. The number of primary amides is 1. The Bertz CT molecular complexity index is 4590. The van der Waals surface area contributed by atoms with E-state index < -0.39 is 155 Å². The molecule has 0 unspecified atom stereocenters. The number of amides is 10. The van der Waals surface area contributed by atoms with E-state index >= 15 is 0 Å². The molecular weight excluding hydrogens is 1680 g/mol. The van der Waals surface area contributed by atoms with Gasteiger partial charge in [0.05, 0.1) is 18.5 Å². The number of carbonyl (C=O) groups excluding carboxylic acids is 11. The van der Waals surface area contributed by atoms with Crippen LogP contribution in [0.2, 0.25) is 0 Å². The standard InChI is InChI=1S/C76H119N33O17S/c1-39(101-57(113)24-25-58(114)125-35-34-100-76(127)102-40-18-21-43(46(36-40)68(123)124)59-44-22-19-41(110)37-54(44)126-55-38-42(111)20-23-45(55)59)61(116)92-26-9-17-56(112)103-48(11-3-28-94-70(80)81)62(117)105-50(13-5-30-96-72(84)85)64(119)107-52(15-7-32-98-74(88)89)66(121)109-53(16-8-33-99-75(90)91)67(122)108-51(14-6-31-97-73(86)87)65(120)106-49(12-4-29-95-71(82)83)63(118)104-47(60(77)115)10-2-27-93-69(78)79/h18-23,36-39,47-53,110H,2-17,24-35H2,1H3,(H2,77,115)(H,92,116)(H,101,113)(H,103,112)(H,104,118)(H,105,117)(H,106,120)(H,107,119)(H,108,122)(H,109,121)(H,123,124)(H4,78,79,93)(H4,80,81,94)(H4,82,83,95)(H4,84,85,96)(H4,86,87,97)(H4,88,89,98)(H4,90,91,99)(H2,100,102,127)/t39-,47-,48-,49-,50-,51-,52-,53-/m1/s1. The number of ether oxygens (including phenoxy) is 1. The minimum atomic E-state index is -1.58. The quantitative estimate of drug-likeness (QED) is 0.00488. The number of phenols is 1. The molecule has 0 aromatic heterocycles. The van der Waals surface area contributed by atoms with E-state index in [2.05, 4.69) is 95.7 Å². The molecule has 2 aromatic carbocycles. The number of hydrogen-bond acceptors (Lipinski definition) is 24. The first-order valence-corrected chi connectivity index (χ1v) is 40.9. The monoisotopic (exact) mass is 1800 g/mol. The number of hydrogen-bond donors (Lipinski definition) is 35. The number of carboxylic acid groups (broad SMARTS) is 1. The second-order valence-corrected chi connectivity index (χ2v) is 29.3. The zero-order valence-corrected chi connectivity index (χ0v) is 71.0. The maximum Gasteiger partial charge on any atom is 0.336 e. The molecule has 0 saturated heterocycles. The van der Waals surface area contributed by atoms with Gasteiger partial charge in [0.15, 0.2) is 52.3 Å². The third-order valence-corrected chi connectivity index (χ3v) is 18.9. The highest BCUT2D eigenvalue weighted by Crippen LogP contribution is 2.42. The largest absolute Gasteiger partial charge is 0.508 e. The Morgan fingerprint density at radius 1 is 0.409 bits per heavy atom. The third-order valence-electron chi connectivity index (χ3n) is 18.7. The van der Waals surface area contributed by atoms with E-state index in [-0.39, 0.29) is 231 Å². The van der Waals surface area contributed by atoms with Crippen molar-refractivity contribution in [3.63, 3.8) is 0 Å². The first kappa shape index (κ1) is 104. The number of carboxylic acids is 1. The van der Waals surface area contributed by atoms with Crippen molar-refractivity contribution < 1.29 is 76.9 Å². The summed E-state index contributed by atoms with van der Waals surface area (Å²) in [6.45, 7) is 1.22. The first-order valence-electron chi connectivity index (χ1n) is 40.5. The van der Waals surface area contributed by atoms with Crippen molar-refractivity contribution in [2.45, 2.75) is 171 Å². The van der Waals surface area contributed by atoms with E-state index in [4.69, 9.17) is 105 Å². The summed E-state index contributed by atoms with van der Waals surface area (Å²) in [6.07, 6.45) is -1.66.